The van der Waals surface area contributed by atoms with Gasteiger partial charge in [0.1, 0.15) is 10.7 Å². The fourth-order valence-corrected chi connectivity index (χ4v) is 2.80. The van der Waals surface area contributed by atoms with Crippen molar-refractivity contribution in [3.05, 3.63) is 75.3 Å². The van der Waals surface area contributed by atoms with E-state index in [0.717, 1.165) is 16.8 Å². The summed E-state index contributed by atoms with van der Waals surface area (Å²) in [7, 11) is 0. The number of amides is 1. The van der Waals surface area contributed by atoms with Crippen LogP contribution in [0.3, 0.4) is 0 Å². The third kappa shape index (κ3) is 3.75. The first-order valence-electron chi connectivity index (χ1n) is 7.39. The van der Waals surface area contributed by atoms with Crippen LogP contribution < -0.4 is 10.9 Å². The number of benzene rings is 1. The van der Waals surface area contributed by atoms with Gasteiger partial charge in [0.15, 0.2) is 0 Å². The summed E-state index contributed by atoms with van der Waals surface area (Å²) in [4.78, 5) is 24.3. The number of aromatic nitrogens is 3. The molecule has 0 saturated heterocycles. The lowest BCUT2D eigenvalue weighted by Crippen LogP contribution is -2.26. The maximum absolute atomic E-state index is 12.3. The second-order valence-electron chi connectivity index (χ2n) is 5.49. The van der Waals surface area contributed by atoms with Crippen LogP contribution in [0.4, 0.5) is 5.00 Å². The maximum Gasteiger partial charge on any atom is 0.276 e. The van der Waals surface area contributed by atoms with Crippen molar-refractivity contribution in [2.75, 3.05) is 5.32 Å². The Kier molecular flexibility index (Phi) is 4.52. The Balaban J connectivity index is 1.81. The number of anilines is 1. The minimum atomic E-state index is -0.365. The molecule has 0 atom stereocenters. The summed E-state index contributed by atoms with van der Waals surface area (Å²) in [5.74, 6) is -0.365. The van der Waals surface area contributed by atoms with Crippen LogP contribution in [0.1, 0.15) is 27.3 Å². The molecule has 3 aromatic rings. The molecule has 0 spiro atoms. The van der Waals surface area contributed by atoms with Crippen LogP contribution in [0, 0.1) is 13.8 Å². The Morgan fingerprint density at radius 3 is 2.58 bits per heavy atom. The van der Waals surface area contributed by atoms with E-state index in [9.17, 15) is 9.59 Å². The lowest BCUT2D eigenvalue weighted by molar-refractivity contribution is 0.102. The van der Waals surface area contributed by atoms with Gasteiger partial charge in [-0.15, -0.1) is 0 Å². The normalized spacial score (nSPS) is 10.6. The minimum absolute atomic E-state index is 0.188. The molecule has 0 aliphatic heterocycles. The van der Waals surface area contributed by atoms with Crippen LogP contribution in [-0.4, -0.2) is 20.1 Å². The quantitative estimate of drug-likeness (QED) is 0.792. The topological polar surface area (TPSA) is 76.9 Å². The molecule has 0 bridgehead atoms. The third-order valence-electron chi connectivity index (χ3n) is 3.42. The first-order chi connectivity index (χ1) is 11.5. The van der Waals surface area contributed by atoms with Gasteiger partial charge in [-0.1, -0.05) is 29.8 Å². The second-order valence-corrected chi connectivity index (χ2v) is 6.29. The zero-order chi connectivity index (χ0) is 17.1. The molecular formula is C17H16N4O2S. The van der Waals surface area contributed by atoms with Crippen LogP contribution >= 0.6 is 11.5 Å². The Labute approximate surface area is 142 Å². The number of carbonyl (C=O) groups excluding carboxylic acids is 1. The van der Waals surface area contributed by atoms with Crippen LogP contribution in [0.25, 0.3) is 0 Å². The number of nitrogens with zero attached hydrogens (tertiary/aromatic N) is 3. The van der Waals surface area contributed by atoms with Gasteiger partial charge in [0, 0.05) is 6.07 Å². The van der Waals surface area contributed by atoms with E-state index in [0.29, 0.717) is 11.5 Å². The summed E-state index contributed by atoms with van der Waals surface area (Å²) >= 11 is 1.21. The summed E-state index contributed by atoms with van der Waals surface area (Å²) < 4.78 is 5.40. The molecule has 0 saturated carbocycles. The fraction of sp³-hybridized carbons (Fsp3) is 0.176. The number of hydrogen-bond donors (Lipinski definition) is 1. The monoisotopic (exact) mass is 340 g/mol. The van der Waals surface area contributed by atoms with Gasteiger partial charge in [-0.05, 0) is 43.1 Å². The summed E-state index contributed by atoms with van der Waals surface area (Å²) in [6.45, 7) is 4.17. The molecule has 7 heteroatoms. The molecule has 1 N–H and O–H groups in total. The van der Waals surface area contributed by atoms with E-state index in [1.54, 1.807) is 6.07 Å². The minimum Gasteiger partial charge on any atom is -0.311 e. The lowest BCUT2D eigenvalue weighted by atomic mass is 10.1. The van der Waals surface area contributed by atoms with Crippen molar-refractivity contribution in [1.82, 2.24) is 14.2 Å². The van der Waals surface area contributed by atoms with Gasteiger partial charge < -0.3 is 5.32 Å². The Bertz CT molecular complexity index is 928. The van der Waals surface area contributed by atoms with Gasteiger partial charge in [0.05, 0.1) is 12.2 Å². The van der Waals surface area contributed by atoms with Crippen molar-refractivity contribution in [3.63, 3.8) is 0 Å². The molecule has 24 heavy (non-hydrogen) atoms. The van der Waals surface area contributed by atoms with E-state index >= 15 is 0 Å². The van der Waals surface area contributed by atoms with Gasteiger partial charge in [-0.3, -0.25) is 9.59 Å². The molecule has 2 heterocycles. The van der Waals surface area contributed by atoms with Crippen LogP contribution in [0.5, 0.6) is 0 Å². The van der Waals surface area contributed by atoms with E-state index in [-0.39, 0.29) is 17.2 Å². The van der Waals surface area contributed by atoms with Gasteiger partial charge in [-0.2, -0.15) is 9.47 Å². The van der Waals surface area contributed by atoms with E-state index < -0.39 is 0 Å². The highest BCUT2D eigenvalue weighted by Crippen LogP contribution is 2.16. The van der Waals surface area contributed by atoms with E-state index in [4.69, 9.17) is 0 Å². The molecule has 2 aromatic heterocycles. The largest absolute Gasteiger partial charge is 0.311 e. The first-order valence-corrected chi connectivity index (χ1v) is 8.17. The highest BCUT2D eigenvalue weighted by atomic mass is 32.1. The number of rotatable bonds is 4. The molecule has 0 fully saturated rings. The SMILES string of the molecule is Cc1ccc(Cn2nc(C(=O)Nc3cc(C)ns3)ccc2=O)cc1. The van der Waals surface area contributed by atoms with Crippen LogP contribution in [0.15, 0.2) is 47.3 Å². The predicted octanol–water partition coefficient (Wildman–Crippen LogP) is 2.62. The highest BCUT2D eigenvalue weighted by Gasteiger charge is 2.11. The summed E-state index contributed by atoms with van der Waals surface area (Å²) in [6, 6.07) is 12.4. The van der Waals surface area contributed by atoms with E-state index in [1.165, 1.54) is 28.3 Å². The Morgan fingerprint density at radius 2 is 1.92 bits per heavy atom. The number of carbonyl (C=O) groups is 1. The zero-order valence-electron chi connectivity index (χ0n) is 13.3. The molecular weight excluding hydrogens is 324 g/mol. The number of nitrogens with one attached hydrogen (secondary N) is 1. The Hall–Kier alpha value is -2.80. The van der Waals surface area contributed by atoms with Crippen molar-refractivity contribution in [2.45, 2.75) is 20.4 Å². The fourth-order valence-electron chi connectivity index (χ4n) is 2.15. The smallest absolute Gasteiger partial charge is 0.276 e. The maximum atomic E-state index is 12.3. The van der Waals surface area contributed by atoms with Crippen LogP contribution in [0.2, 0.25) is 0 Å². The van der Waals surface area contributed by atoms with Crippen molar-refractivity contribution in [2.24, 2.45) is 0 Å². The molecule has 6 nitrogen and oxygen atoms in total. The van der Waals surface area contributed by atoms with Crippen molar-refractivity contribution in [3.8, 4) is 0 Å². The van der Waals surface area contributed by atoms with Gasteiger partial charge in [0.2, 0.25) is 0 Å². The van der Waals surface area contributed by atoms with E-state index in [2.05, 4.69) is 14.8 Å². The molecule has 0 radical (unpaired) electrons. The van der Waals surface area contributed by atoms with Crippen molar-refractivity contribution in [1.29, 1.82) is 0 Å². The van der Waals surface area contributed by atoms with Crippen molar-refractivity contribution < 1.29 is 4.79 Å². The van der Waals surface area contributed by atoms with E-state index in [1.807, 2.05) is 38.1 Å². The zero-order valence-corrected chi connectivity index (χ0v) is 14.1. The number of hydrogen-bond acceptors (Lipinski definition) is 5. The van der Waals surface area contributed by atoms with Gasteiger partial charge in [0.25, 0.3) is 11.5 Å². The average Bonchev–Trinajstić information content (AvgIpc) is 2.96. The molecule has 1 aromatic carbocycles. The third-order valence-corrected chi connectivity index (χ3v) is 4.21. The summed E-state index contributed by atoms with van der Waals surface area (Å²) in [6.07, 6.45) is 0. The highest BCUT2D eigenvalue weighted by molar-refractivity contribution is 7.10. The molecule has 0 aliphatic carbocycles. The summed E-state index contributed by atoms with van der Waals surface area (Å²) in [5.41, 5.74) is 2.87. The molecule has 0 aliphatic rings. The van der Waals surface area contributed by atoms with Crippen molar-refractivity contribution >= 4 is 22.4 Å². The molecule has 122 valence electrons. The lowest BCUT2D eigenvalue weighted by Gasteiger charge is -2.07. The molecule has 1 amide bonds. The second kappa shape index (κ2) is 6.76. The van der Waals surface area contributed by atoms with Gasteiger partial charge >= 0.3 is 0 Å². The molecule has 0 unspecified atom stereocenters. The standard InChI is InChI=1S/C17H16N4O2S/c1-11-3-5-13(6-4-11)10-21-16(22)8-7-14(19-21)17(23)18-15-9-12(2)20-24-15/h3-9H,10H2,1-2H3,(H,18,23). The number of aryl methyl sites for hydroxylation is 2. The van der Waals surface area contributed by atoms with Gasteiger partial charge in [-0.25, -0.2) is 4.68 Å². The first kappa shape index (κ1) is 16.1. The molecule has 3 rings (SSSR count). The van der Waals surface area contributed by atoms with Crippen LogP contribution in [-0.2, 0) is 6.54 Å². The Morgan fingerprint density at radius 1 is 1.17 bits per heavy atom. The predicted molar refractivity (Wildman–Crippen MR) is 93.6 cm³/mol. The summed E-state index contributed by atoms with van der Waals surface area (Å²) in [5, 5.41) is 7.55. The average molecular weight is 340 g/mol.